The van der Waals surface area contributed by atoms with Crippen LogP contribution in [0.3, 0.4) is 0 Å². The van der Waals surface area contributed by atoms with Gasteiger partial charge in [0.15, 0.2) is 0 Å². The Morgan fingerprint density at radius 1 is 1.25 bits per heavy atom. The zero-order chi connectivity index (χ0) is 14.4. The normalized spacial score (nSPS) is 10.2. The third-order valence-corrected chi connectivity index (χ3v) is 3.03. The molecule has 1 heterocycles. The number of benzene rings is 1. The number of aromatic nitrogens is 1. The van der Waals surface area contributed by atoms with Gasteiger partial charge >= 0.3 is 5.97 Å². The van der Waals surface area contributed by atoms with Crippen LogP contribution in [0, 0.1) is 6.92 Å². The van der Waals surface area contributed by atoms with Crippen molar-refractivity contribution < 1.29 is 14.6 Å². The summed E-state index contributed by atoms with van der Waals surface area (Å²) in [5.41, 5.74) is 2.05. The van der Waals surface area contributed by atoms with Crippen LogP contribution >= 0.6 is 0 Å². The molecule has 0 fully saturated rings. The van der Waals surface area contributed by atoms with Crippen LogP contribution in [0.1, 0.15) is 27.9 Å². The molecule has 2 aromatic rings. The van der Waals surface area contributed by atoms with Crippen molar-refractivity contribution in [3.05, 3.63) is 59.3 Å². The first-order valence-corrected chi connectivity index (χ1v) is 6.54. The summed E-state index contributed by atoms with van der Waals surface area (Å²) in [6, 6.07) is 11.8. The highest BCUT2D eigenvalue weighted by Crippen LogP contribution is 2.19. The van der Waals surface area contributed by atoms with E-state index >= 15 is 0 Å². The third-order valence-electron chi connectivity index (χ3n) is 3.03. The number of aryl methyl sites for hydroxylation is 2. The van der Waals surface area contributed by atoms with Crippen molar-refractivity contribution in [2.75, 3.05) is 6.61 Å². The molecule has 0 unspecified atom stereocenters. The van der Waals surface area contributed by atoms with Crippen LogP contribution in [-0.4, -0.2) is 22.7 Å². The van der Waals surface area contributed by atoms with Crippen LogP contribution in [0.5, 0.6) is 5.88 Å². The molecule has 0 saturated carbocycles. The first kappa shape index (κ1) is 14.1. The Hall–Kier alpha value is -2.36. The first-order valence-electron chi connectivity index (χ1n) is 6.54. The minimum Gasteiger partial charge on any atom is -0.477 e. The molecule has 1 N–H and O–H groups in total. The van der Waals surface area contributed by atoms with Gasteiger partial charge in [-0.3, -0.25) is 0 Å². The average Bonchev–Trinajstić information content (AvgIpc) is 2.44. The Bertz CT molecular complexity index is 582. The van der Waals surface area contributed by atoms with Gasteiger partial charge in [-0.1, -0.05) is 30.3 Å². The molecular formula is C16H17NO3. The van der Waals surface area contributed by atoms with Crippen molar-refractivity contribution >= 4 is 5.97 Å². The molecule has 1 aromatic heterocycles. The van der Waals surface area contributed by atoms with E-state index in [2.05, 4.69) is 17.1 Å². The highest BCUT2D eigenvalue weighted by Gasteiger charge is 2.15. The van der Waals surface area contributed by atoms with E-state index < -0.39 is 5.97 Å². The minimum absolute atomic E-state index is 0.146. The maximum atomic E-state index is 11.2. The molecule has 0 aliphatic carbocycles. The van der Waals surface area contributed by atoms with Gasteiger partial charge in [0.2, 0.25) is 5.88 Å². The molecule has 0 saturated heterocycles. The van der Waals surface area contributed by atoms with E-state index in [1.807, 2.05) is 18.2 Å². The van der Waals surface area contributed by atoms with Gasteiger partial charge in [-0.25, -0.2) is 9.78 Å². The molecule has 0 spiro atoms. The van der Waals surface area contributed by atoms with Gasteiger partial charge in [-0.2, -0.15) is 0 Å². The van der Waals surface area contributed by atoms with Gasteiger partial charge in [0.25, 0.3) is 0 Å². The fourth-order valence-corrected chi connectivity index (χ4v) is 1.99. The lowest BCUT2D eigenvalue weighted by molar-refractivity contribution is 0.0690. The van der Waals surface area contributed by atoms with E-state index in [9.17, 15) is 4.79 Å². The molecule has 0 amide bonds. The van der Waals surface area contributed by atoms with Gasteiger partial charge in [-0.05, 0) is 37.0 Å². The summed E-state index contributed by atoms with van der Waals surface area (Å²) in [5, 5.41) is 9.16. The fraction of sp³-hybridized carbons (Fsp3) is 0.250. The van der Waals surface area contributed by atoms with Crippen LogP contribution in [0.15, 0.2) is 42.6 Å². The molecule has 0 radical (unpaired) electrons. The highest BCUT2D eigenvalue weighted by atomic mass is 16.5. The number of hydrogen-bond acceptors (Lipinski definition) is 3. The number of carboxylic acid groups (broad SMARTS) is 1. The number of carboxylic acids is 1. The molecular weight excluding hydrogens is 254 g/mol. The van der Waals surface area contributed by atoms with Crippen molar-refractivity contribution in [2.45, 2.75) is 19.8 Å². The van der Waals surface area contributed by atoms with Crippen LogP contribution < -0.4 is 4.74 Å². The molecule has 4 nitrogen and oxygen atoms in total. The summed E-state index contributed by atoms with van der Waals surface area (Å²) in [4.78, 5) is 15.2. The van der Waals surface area contributed by atoms with Crippen molar-refractivity contribution in [2.24, 2.45) is 0 Å². The van der Waals surface area contributed by atoms with Gasteiger partial charge in [0.1, 0.15) is 5.56 Å². The lowest BCUT2D eigenvalue weighted by Gasteiger charge is -2.09. The Morgan fingerprint density at radius 3 is 2.70 bits per heavy atom. The number of pyridine rings is 1. The number of rotatable bonds is 6. The predicted molar refractivity (Wildman–Crippen MR) is 76.2 cm³/mol. The average molecular weight is 271 g/mol. The quantitative estimate of drug-likeness (QED) is 0.820. The summed E-state index contributed by atoms with van der Waals surface area (Å²) in [6.07, 6.45) is 3.28. The maximum Gasteiger partial charge on any atom is 0.341 e. The second kappa shape index (κ2) is 6.70. The molecule has 0 aliphatic heterocycles. The SMILES string of the molecule is Cc1ccnc(OCCCc2ccccc2)c1C(=O)O. The Kier molecular flexibility index (Phi) is 4.71. The zero-order valence-corrected chi connectivity index (χ0v) is 11.4. The lowest BCUT2D eigenvalue weighted by atomic mass is 10.1. The smallest absolute Gasteiger partial charge is 0.341 e. The Balaban J connectivity index is 1.92. The maximum absolute atomic E-state index is 11.2. The second-order valence-corrected chi connectivity index (χ2v) is 4.55. The molecule has 0 atom stereocenters. The molecule has 2 rings (SSSR count). The molecule has 104 valence electrons. The number of hydrogen-bond donors (Lipinski definition) is 1. The van der Waals surface area contributed by atoms with Gasteiger partial charge in [0.05, 0.1) is 6.61 Å². The number of aromatic carboxylic acids is 1. The van der Waals surface area contributed by atoms with E-state index in [1.165, 1.54) is 5.56 Å². The van der Waals surface area contributed by atoms with Crippen molar-refractivity contribution in [3.63, 3.8) is 0 Å². The first-order chi connectivity index (χ1) is 9.68. The zero-order valence-electron chi connectivity index (χ0n) is 11.4. The topological polar surface area (TPSA) is 59.4 Å². The van der Waals surface area contributed by atoms with Crippen molar-refractivity contribution in [3.8, 4) is 5.88 Å². The summed E-state index contributed by atoms with van der Waals surface area (Å²) in [6.45, 7) is 2.19. The highest BCUT2D eigenvalue weighted by molar-refractivity contribution is 5.91. The summed E-state index contributed by atoms with van der Waals surface area (Å²) >= 11 is 0. The standard InChI is InChI=1S/C16H17NO3/c1-12-9-10-17-15(14(12)16(18)19)20-11-5-8-13-6-3-2-4-7-13/h2-4,6-7,9-10H,5,8,11H2,1H3,(H,18,19). The predicted octanol–water partition coefficient (Wildman–Crippen LogP) is 3.10. The largest absolute Gasteiger partial charge is 0.477 e. The Morgan fingerprint density at radius 2 is 2.00 bits per heavy atom. The van der Waals surface area contributed by atoms with E-state index in [1.54, 1.807) is 19.2 Å². The summed E-state index contributed by atoms with van der Waals surface area (Å²) in [7, 11) is 0. The van der Waals surface area contributed by atoms with Gasteiger partial charge in [-0.15, -0.1) is 0 Å². The summed E-state index contributed by atoms with van der Waals surface area (Å²) in [5.74, 6) is -0.806. The second-order valence-electron chi connectivity index (χ2n) is 4.55. The fourth-order valence-electron chi connectivity index (χ4n) is 1.99. The van der Waals surface area contributed by atoms with Crippen LogP contribution in [0.25, 0.3) is 0 Å². The number of nitrogens with zero attached hydrogens (tertiary/aromatic N) is 1. The third kappa shape index (κ3) is 3.57. The molecule has 0 aliphatic rings. The molecule has 1 aromatic carbocycles. The molecule has 0 bridgehead atoms. The van der Waals surface area contributed by atoms with E-state index in [0.29, 0.717) is 12.2 Å². The van der Waals surface area contributed by atoms with Crippen LogP contribution in [0.2, 0.25) is 0 Å². The van der Waals surface area contributed by atoms with Gasteiger partial charge < -0.3 is 9.84 Å². The van der Waals surface area contributed by atoms with E-state index in [0.717, 1.165) is 12.8 Å². The number of ether oxygens (including phenoxy) is 1. The molecule has 20 heavy (non-hydrogen) atoms. The van der Waals surface area contributed by atoms with Gasteiger partial charge in [0, 0.05) is 6.20 Å². The van der Waals surface area contributed by atoms with Crippen LogP contribution in [-0.2, 0) is 6.42 Å². The lowest BCUT2D eigenvalue weighted by Crippen LogP contribution is -2.08. The van der Waals surface area contributed by atoms with E-state index in [4.69, 9.17) is 9.84 Å². The van der Waals surface area contributed by atoms with Crippen molar-refractivity contribution in [1.82, 2.24) is 4.98 Å². The van der Waals surface area contributed by atoms with E-state index in [-0.39, 0.29) is 11.4 Å². The summed E-state index contributed by atoms with van der Waals surface area (Å²) < 4.78 is 5.51. The van der Waals surface area contributed by atoms with Crippen LogP contribution in [0.4, 0.5) is 0 Å². The molecule has 4 heteroatoms. The van der Waals surface area contributed by atoms with Crippen molar-refractivity contribution in [1.29, 1.82) is 0 Å². The monoisotopic (exact) mass is 271 g/mol. The number of carbonyl (C=O) groups is 1. The minimum atomic E-state index is -1.01. The Labute approximate surface area is 118 Å².